The monoisotopic (exact) mass is 376 g/mol. The molecule has 0 saturated heterocycles. The van der Waals surface area contributed by atoms with Gasteiger partial charge in [-0.3, -0.25) is 9.78 Å². The maximum absolute atomic E-state index is 12.5. The molecule has 0 unspecified atom stereocenters. The molecule has 1 amide bonds. The second-order valence-corrected chi connectivity index (χ2v) is 6.79. The minimum atomic E-state index is -0.290. The first-order chi connectivity index (χ1) is 13.1. The summed E-state index contributed by atoms with van der Waals surface area (Å²) in [7, 11) is 0. The maximum atomic E-state index is 12.5. The number of nitrogens with one attached hydrogen (secondary N) is 2. The van der Waals surface area contributed by atoms with Crippen LogP contribution in [0.4, 0.5) is 5.69 Å². The first kappa shape index (κ1) is 17.2. The Balaban J connectivity index is 1.48. The van der Waals surface area contributed by atoms with E-state index in [-0.39, 0.29) is 11.7 Å². The number of imidazole rings is 1. The number of H-pyrrole nitrogens is 1. The summed E-state index contributed by atoms with van der Waals surface area (Å²) in [4.78, 5) is 23.9. The van der Waals surface area contributed by atoms with Crippen molar-refractivity contribution in [3.05, 3.63) is 88.5 Å². The Hall–Kier alpha value is -3.18. The number of anilines is 1. The Kier molecular flexibility index (Phi) is 4.60. The number of benzene rings is 2. The number of hydrogen-bond acceptors (Lipinski definition) is 3. The lowest BCUT2D eigenvalue weighted by molar-refractivity contribution is 0.101. The number of aromatic amines is 1. The molecule has 0 atom stereocenters. The van der Waals surface area contributed by atoms with E-state index in [1.807, 2.05) is 49.4 Å². The first-order valence-corrected chi connectivity index (χ1v) is 8.91. The van der Waals surface area contributed by atoms with E-state index in [4.69, 9.17) is 11.6 Å². The third-order valence-corrected chi connectivity index (χ3v) is 4.75. The van der Waals surface area contributed by atoms with E-state index < -0.39 is 0 Å². The van der Waals surface area contributed by atoms with Crippen molar-refractivity contribution in [3.63, 3.8) is 0 Å². The van der Waals surface area contributed by atoms with Crippen molar-refractivity contribution in [2.24, 2.45) is 0 Å². The van der Waals surface area contributed by atoms with Gasteiger partial charge in [0.1, 0.15) is 0 Å². The predicted octanol–water partition coefficient (Wildman–Crippen LogP) is 4.76. The van der Waals surface area contributed by atoms with Crippen LogP contribution in [-0.2, 0) is 6.42 Å². The summed E-state index contributed by atoms with van der Waals surface area (Å²) in [6.07, 6.45) is 4.39. The standard InChI is InChI=1S/C21H17ClN4O/c1-13-10-18-19(12-17(13)22)26-20(25-18)21(27)24-16-4-2-14(3-5-16)11-15-6-8-23-9-7-15/h2-10,12H,11H2,1H3,(H,24,27)(H,25,26). The van der Waals surface area contributed by atoms with Gasteiger partial charge in [0, 0.05) is 23.1 Å². The van der Waals surface area contributed by atoms with Crippen molar-refractivity contribution >= 4 is 34.2 Å². The molecule has 0 saturated carbocycles. The number of halogens is 1. The molecule has 2 heterocycles. The van der Waals surface area contributed by atoms with E-state index in [0.717, 1.165) is 23.1 Å². The van der Waals surface area contributed by atoms with Crippen LogP contribution in [0.3, 0.4) is 0 Å². The van der Waals surface area contributed by atoms with Gasteiger partial charge in [-0.1, -0.05) is 23.7 Å². The molecule has 6 heteroatoms. The van der Waals surface area contributed by atoms with Crippen LogP contribution in [0.25, 0.3) is 11.0 Å². The van der Waals surface area contributed by atoms with Crippen molar-refractivity contribution in [2.75, 3.05) is 5.32 Å². The third-order valence-electron chi connectivity index (χ3n) is 4.35. The van der Waals surface area contributed by atoms with E-state index in [0.29, 0.717) is 16.2 Å². The maximum Gasteiger partial charge on any atom is 0.291 e. The normalized spacial score (nSPS) is 10.9. The summed E-state index contributed by atoms with van der Waals surface area (Å²) >= 11 is 6.12. The van der Waals surface area contributed by atoms with Crippen molar-refractivity contribution in [2.45, 2.75) is 13.3 Å². The fourth-order valence-electron chi connectivity index (χ4n) is 2.88. The van der Waals surface area contributed by atoms with Crippen LogP contribution >= 0.6 is 11.6 Å². The second-order valence-electron chi connectivity index (χ2n) is 6.39. The number of aromatic nitrogens is 3. The van der Waals surface area contributed by atoms with Crippen LogP contribution in [0.1, 0.15) is 27.3 Å². The van der Waals surface area contributed by atoms with Crippen LogP contribution in [-0.4, -0.2) is 20.9 Å². The van der Waals surface area contributed by atoms with Crippen molar-refractivity contribution < 1.29 is 4.79 Å². The van der Waals surface area contributed by atoms with Crippen molar-refractivity contribution in [1.82, 2.24) is 15.0 Å². The molecular formula is C21H17ClN4O. The van der Waals surface area contributed by atoms with Gasteiger partial charge in [0.2, 0.25) is 0 Å². The largest absolute Gasteiger partial charge is 0.334 e. The van der Waals surface area contributed by atoms with Gasteiger partial charge in [0.15, 0.2) is 5.82 Å². The second kappa shape index (κ2) is 7.21. The Bertz CT molecular complexity index is 1070. The minimum Gasteiger partial charge on any atom is -0.334 e. The Morgan fingerprint density at radius 1 is 1.07 bits per heavy atom. The highest BCUT2D eigenvalue weighted by Gasteiger charge is 2.13. The summed E-state index contributed by atoms with van der Waals surface area (Å²) in [6.45, 7) is 1.91. The molecule has 2 N–H and O–H groups in total. The van der Waals surface area contributed by atoms with Gasteiger partial charge in [-0.25, -0.2) is 4.98 Å². The van der Waals surface area contributed by atoms with Crippen molar-refractivity contribution in [1.29, 1.82) is 0 Å². The van der Waals surface area contributed by atoms with Gasteiger partial charge in [-0.2, -0.15) is 0 Å². The fourth-order valence-corrected chi connectivity index (χ4v) is 3.04. The molecule has 134 valence electrons. The van der Waals surface area contributed by atoms with E-state index in [2.05, 4.69) is 20.3 Å². The predicted molar refractivity (Wildman–Crippen MR) is 107 cm³/mol. The highest BCUT2D eigenvalue weighted by atomic mass is 35.5. The molecule has 2 aromatic heterocycles. The minimum absolute atomic E-state index is 0.257. The number of carbonyl (C=O) groups excluding carboxylic acids is 1. The third kappa shape index (κ3) is 3.83. The van der Waals surface area contributed by atoms with Crippen LogP contribution in [0.5, 0.6) is 0 Å². The van der Waals surface area contributed by atoms with Gasteiger partial charge in [0.05, 0.1) is 11.0 Å². The van der Waals surface area contributed by atoms with E-state index in [1.54, 1.807) is 18.5 Å². The van der Waals surface area contributed by atoms with Crippen LogP contribution < -0.4 is 5.32 Å². The molecule has 4 rings (SSSR count). The summed E-state index contributed by atoms with van der Waals surface area (Å²) < 4.78 is 0. The lowest BCUT2D eigenvalue weighted by Gasteiger charge is -2.05. The molecule has 27 heavy (non-hydrogen) atoms. The zero-order valence-corrected chi connectivity index (χ0v) is 15.4. The first-order valence-electron chi connectivity index (χ1n) is 8.53. The number of aryl methyl sites for hydroxylation is 1. The molecule has 0 aliphatic carbocycles. The SMILES string of the molecule is Cc1cc2[nH]c(C(=O)Nc3ccc(Cc4ccncc4)cc3)nc2cc1Cl. The number of fused-ring (bicyclic) bond motifs is 1. The highest BCUT2D eigenvalue weighted by Crippen LogP contribution is 2.22. The average Bonchev–Trinajstić information content (AvgIpc) is 3.07. The van der Waals surface area contributed by atoms with Gasteiger partial charge in [-0.15, -0.1) is 0 Å². The van der Waals surface area contributed by atoms with Crippen molar-refractivity contribution in [3.8, 4) is 0 Å². The van der Waals surface area contributed by atoms with Gasteiger partial charge >= 0.3 is 0 Å². The molecule has 0 fully saturated rings. The number of nitrogens with zero attached hydrogens (tertiary/aromatic N) is 2. The molecule has 0 spiro atoms. The van der Waals surface area contributed by atoms with E-state index in [1.165, 1.54) is 5.56 Å². The fraction of sp³-hybridized carbons (Fsp3) is 0.0952. The molecule has 0 radical (unpaired) electrons. The van der Waals surface area contributed by atoms with Gasteiger partial charge < -0.3 is 10.3 Å². The molecule has 4 aromatic rings. The molecule has 0 aliphatic rings. The number of hydrogen-bond donors (Lipinski definition) is 2. The summed E-state index contributed by atoms with van der Waals surface area (Å²) in [6, 6.07) is 15.4. The smallest absolute Gasteiger partial charge is 0.291 e. The zero-order chi connectivity index (χ0) is 18.8. The molecule has 5 nitrogen and oxygen atoms in total. The molecule has 2 aromatic carbocycles. The molecular weight excluding hydrogens is 360 g/mol. The van der Waals surface area contributed by atoms with Gasteiger partial charge in [-0.05, 0) is 66.4 Å². The van der Waals surface area contributed by atoms with Crippen LogP contribution in [0, 0.1) is 6.92 Å². The Morgan fingerprint density at radius 3 is 2.52 bits per heavy atom. The highest BCUT2D eigenvalue weighted by molar-refractivity contribution is 6.32. The van der Waals surface area contributed by atoms with E-state index in [9.17, 15) is 4.79 Å². The zero-order valence-electron chi connectivity index (χ0n) is 14.7. The van der Waals surface area contributed by atoms with Crippen LogP contribution in [0.15, 0.2) is 60.9 Å². The molecule has 0 aliphatic heterocycles. The van der Waals surface area contributed by atoms with Crippen LogP contribution in [0.2, 0.25) is 5.02 Å². The Labute approximate surface area is 161 Å². The average molecular weight is 377 g/mol. The number of carbonyl (C=O) groups is 1. The number of pyridine rings is 1. The Morgan fingerprint density at radius 2 is 1.78 bits per heavy atom. The lowest BCUT2D eigenvalue weighted by atomic mass is 10.1. The van der Waals surface area contributed by atoms with Gasteiger partial charge in [0.25, 0.3) is 5.91 Å². The number of rotatable bonds is 4. The van der Waals surface area contributed by atoms with E-state index >= 15 is 0 Å². The summed E-state index contributed by atoms with van der Waals surface area (Å²) in [5.41, 5.74) is 5.46. The summed E-state index contributed by atoms with van der Waals surface area (Å²) in [5, 5.41) is 3.49. The summed E-state index contributed by atoms with van der Waals surface area (Å²) in [5.74, 6) is -0.0330. The quantitative estimate of drug-likeness (QED) is 0.539. The number of amides is 1. The topological polar surface area (TPSA) is 70.7 Å². The molecule has 0 bridgehead atoms. The lowest BCUT2D eigenvalue weighted by Crippen LogP contribution is -2.13.